The summed E-state index contributed by atoms with van der Waals surface area (Å²) < 4.78 is 4.82. The van der Waals surface area contributed by atoms with Crippen LogP contribution in [-0.4, -0.2) is 19.1 Å². The lowest BCUT2D eigenvalue weighted by Gasteiger charge is -2.11. The number of cyclic esters (lactones) is 1. The number of carbonyl (C=O) groups is 1. The molecule has 0 atom stereocenters. The van der Waals surface area contributed by atoms with E-state index in [-0.39, 0.29) is 5.97 Å². The van der Waals surface area contributed by atoms with Crippen molar-refractivity contribution in [2.45, 2.75) is 12.8 Å². The molecule has 2 aliphatic rings. The van der Waals surface area contributed by atoms with Gasteiger partial charge in [0.2, 0.25) is 0 Å². The van der Waals surface area contributed by atoms with Crippen LogP contribution in [0.1, 0.15) is 12.8 Å². The van der Waals surface area contributed by atoms with E-state index in [1.165, 1.54) is 0 Å². The maximum atomic E-state index is 10.9. The summed E-state index contributed by atoms with van der Waals surface area (Å²) in [6.45, 7) is 1.45. The molecule has 0 radical (unpaired) electrons. The van der Waals surface area contributed by atoms with Crippen LogP contribution in [-0.2, 0) is 9.53 Å². The molecular formula is C7H9NO2. The number of hydrogen-bond donors (Lipinski definition) is 1. The fourth-order valence-corrected chi connectivity index (χ4v) is 1.35. The quantitative estimate of drug-likeness (QED) is 0.486. The highest BCUT2D eigenvalue weighted by atomic mass is 16.5. The first-order valence-corrected chi connectivity index (χ1v) is 3.51. The molecule has 10 heavy (non-hydrogen) atoms. The molecular weight excluding hydrogens is 130 g/mol. The van der Waals surface area contributed by atoms with Gasteiger partial charge in [-0.1, -0.05) is 0 Å². The molecule has 0 fully saturated rings. The van der Waals surface area contributed by atoms with Crippen LogP contribution in [0, 0.1) is 0 Å². The summed E-state index contributed by atoms with van der Waals surface area (Å²) in [6, 6.07) is 0. The van der Waals surface area contributed by atoms with Gasteiger partial charge in [0.15, 0.2) is 0 Å². The minimum atomic E-state index is -0.123. The van der Waals surface area contributed by atoms with Crippen LogP contribution in [0.3, 0.4) is 0 Å². The summed E-state index contributed by atoms with van der Waals surface area (Å²) in [4.78, 5) is 10.9. The van der Waals surface area contributed by atoms with E-state index in [4.69, 9.17) is 4.74 Å². The van der Waals surface area contributed by atoms with Gasteiger partial charge < -0.3 is 10.1 Å². The summed E-state index contributed by atoms with van der Waals surface area (Å²) >= 11 is 0. The van der Waals surface area contributed by atoms with Crippen molar-refractivity contribution in [1.82, 2.24) is 5.32 Å². The SMILES string of the molecule is O=C1OCC2=C1CCCN2. The highest BCUT2D eigenvalue weighted by Crippen LogP contribution is 2.21. The first kappa shape index (κ1) is 5.77. The third-order valence-electron chi connectivity index (χ3n) is 1.90. The predicted octanol–water partition coefficient (Wildman–Crippen LogP) is 0.181. The first-order valence-electron chi connectivity index (χ1n) is 3.51. The summed E-state index contributed by atoms with van der Waals surface area (Å²) in [5.74, 6) is -0.123. The van der Waals surface area contributed by atoms with Crippen molar-refractivity contribution in [3.05, 3.63) is 11.3 Å². The summed E-state index contributed by atoms with van der Waals surface area (Å²) in [5.41, 5.74) is 1.88. The molecule has 0 aromatic heterocycles. The van der Waals surface area contributed by atoms with Gasteiger partial charge in [-0.15, -0.1) is 0 Å². The molecule has 0 unspecified atom stereocenters. The Morgan fingerprint density at radius 1 is 1.50 bits per heavy atom. The van der Waals surface area contributed by atoms with Crippen molar-refractivity contribution < 1.29 is 9.53 Å². The smallest absolute Gasteiger partial charge is 0.336 e. The van der Waals surface area contributed by atoms with E-state index < -0.39 is 0 Å². The molecule has 0 saturated carbocycles. The predicted molar refractivity (Wildman–Crippen MR) is 35.2 cm³/mol. The van der Waals surface area contributed by atoms with Crippen molar-refractivity contribution >= 4 is 5.97 Å². The maximum absolute atomic E-state index is 10.9. The van der Waals surface area contributed by atoms with Crippen molar-refractivity contribution in [3.63, 3.8) is 0 Å². The molecule has 2 heterocycles. The van der Waals surface area contributed by atoms with Gasteiger partial charge >= 0.3 is 5.97 Å². The number of rotatable bonds is 0. The van der Waals surface area contributed by atoms with Crippen LogP contribution in [0.4, 0.5) is 0 Å². The molecule has 1 N–H and O–H groups in total. The summed E-state index contributed by atoms with van der Waals surface area (Å²) in [6.07, 6.45) is 1.94. The van der Waals surface area contributed by atoms with Crippen LogP contribution in [0.15, 0.2) is 11.3 Å². The van der Waals surface area contributed by atoms with E-state index in [0.29, 0.717) is 6.61 Å². The molecule has 3 nitrogen and oxygen atoms in total. The van der Waals surface area contributed by atoms with Crippen LogP contribution in [0.5, 0.6) is 0 Å². The molecule has 0 saturated heterocycles. The van der Waals surface area contributed by atoms with E-state index in [9.17, 15) is 4.79 Å². The van der Waals surface area contributed by atoms with Crippen LogP contribution < -0.4 is 5.32 Å². The van der Waals surface area contributed by atoms with Gasteiger partial charge in [-0.2, -0.15) is 0 Å². The van der Waals surface area contributed by atoms with Crippen molar-refractivity contribution in [3.8, 4) is 0 Å². The largest absolute Gasteiger partial charge is 0.456 e. The molecule has 3 heteroatoms. The zero-order valence-corrected chi connectivity index (χ0v) is 5.64. The van der Waals surface area contributed by atoms with E-state index in [2.05, 4.69) is 5.32 Å². The molecule has 0 bridgehead atoms. The molecule has 0 spiro atoms. The van der Waals surface area contributed by atoms with Crippen molar-refractivity contribution in [2.75, 3.05) is 13.2 Å². The highest BCUT2D eigenvalue weighted by Gasteiger charge is 2.26. The minimum Gasteiger partial charge on any atom is -0.456 e. The van der Waals surface area contributed by atoms with E-state index in [0.717, 1.165) is 30.7 Å². The molecule has 0 aliphatic carbocycles. The van der Waals surface area contributed by atoms with Gasteiger partial charge in [0.25, 0.3) is 0 Å². The number of nitrogens with one attached hydrogen (secondary N) is 1. The third kappa shape index (κ3) is 0.701. The van der Waals surface area contributed by atoms with Crippen LogP contribution in [0.2, 0.25) is 0 Å². The molecule has 2 aliphatic heterocycles. The standard InChI is InChI=1S/C7H9NO2/c9-7-5-2-1-3-8-6(5)4-10-7/h8H,1-4H2. The minimum absolute atomic E-state index is 0.123. The summed E-state index contributed by atoms with van der Waals surface area (Å²) in [7, 11) is 0. The van der Waals surface area contributed by atoms with Gasteiger partial charge in [0.1, 0.15) is 6.61 Å². The van der Waals surface area contributed by atoms with Gasteiger partial charge in [0.05, 0.1) is 11.3 Å². The van der Waals surface area contributed by atoms with Crippen molar-refractivity contribution in [1.29, 1.82) is 0 Å². The Labute approximate surface area is 59.1 Å². The maximum Gasteiger partial charge on any atom is 0.336 e. The topological polar surface area (TPSA) is 38.3 Å². The molecule has 0 amide bonds. The lowest BCUT2D eigenvalue weighted by atomic mass is 10.1. The van der Waals surface area contributed by atoms with Gasteiger partial charge in [-0.05, 0) is 12.8 Å². The Kier molecular flexibility index (Phi) is 1.16. The average Bonchev–Trinajstić information content (AvgIpc) is 2.34. The lowest BCUT2D eigenvalue weighted by Crippen LogP contribution is -2.21. The van der Waals surface area contributed by atoms with Gasteiger partial charge in [-0.25, -0.2) is 4.79 Å². The number of hydrogen-bond acceptors (Lipinski definition) is 3. The Morgan fingerprint density at radius 3 is 3.20 bits per heavy atom. The average molecular weight is 139 g/mol. The van der Waals surface area contributed by atoms with E-state index >= 15 is 0 Å². The fourth-order valence-electron chi connectivity index (χ4n) is 1.35. The number of carbonyl (C=O) groups excluding carboxylic acids is 1. The van der Waals surface area contributed by atoms with Gasteiger partial charge in [0, 0.05) is 6.54 Å². The molecule has 0 aromatic carbocycles. The fraction of sp³-hybridized carbons (Fsp3) is 0.571. The number of ether oxygens (including phenoxy) is 1. The zero-order chi connectivity index (χ0) is 6.97. The molecule has 54 valence electrons. The second-order valence-corrected chi connectivity index (χ2v) is 2.56. The van der Waals surface area contributed by atoms with Crippen LogP contribution in [0.25, 0.3) is 0 Å². The van der Waals surface area contributed by atoms with Gasteiger partial charge in [-0.3, -0.25) is 0 Å². The van der Waals surface area contributed by atoms with Crippen molar-refractivity contribution in [2.24, 2.45) is 0 Å². The highest BCUT2D eigenvalue weighted by molar-refractivity contribution is 5.91. The third-order valence-corrected chi connectivity index (χ3v) is 1.90. The normalized spacial score (nSPS) is 23.8. The van der Waals surface area contributed by atoms with E-state index in [1.54, 1.807) is 0 Å². The second kappa shape index (κ2) is 2.01. The lowest BCUT2D eigenvalue weighted by molar-refractivity contribution is -0.136. The zero-order valence-electron chi connectivity index (χ0n) is 5.64. The Hall–Kier alpha value is -0.990. The Bertz CT molecular complexity index is 208. The van der Waals surface area contributed by atoms with E-state index in [1.807, 2.05) is 0 Å². The number of esters is 1. The Morgan fingerprint density at radius 2 is 2.40 bits per heavy atom. The molecule has 0 aromatic rings. The Balaban J connectivity index is 2.29. The van der Waals surface area contributed by atoms with Crippen LogP contribution >= 0.6 is 0 Å². The molecule has 2 rings (SSSR count). The second-order valence-electron chi connectivity index (χ2n) is 2.56. The monoisotopic (exact) mass is 139 g/mol. The first-order chi connectivity index (χ1) is 4.88. The summed E-state index contributed by atoms with van der Waals surface area (Å²) in [5, 5.41) is 3.15.